The van der Waals surface area contributed by atoms with Gasteiger partial charge in [-0.2, -0.15) is 41.9 Å². The summed E-state index contributed by atoms with van der Waals surface area (Å²) in [7, 11) is 0. The zero-order valence-corrected chi connectivity index (χ0v) is 102. The molecule has 14 heteroatoms. The van der Waals surface area contributed by atoms with Crippen LogP contribution >= 0.6 is 11.3 Å². The second kappa shape index (κ2) is 88.8. The first-order valence-corrected chi connectivity index (χ1v) is 49.6. The molecular weight excluding hydrogens is 1600 g/mol. The van der Waals surface area contributed by atoms with Crippen LogP contribution in [0.3, 0.4) is 0 Å². The lowest BCUT2D eigenvalue weighted by atomic mass is 9.89. The van der Waals surface area contributed by atoms with Gasteiger partial charge in [-0.15, -0.1) is 0 Å². The highest BCUT2D eigenvalue weighted by Gasteiger charge is 2.21. The average molecular weight is 1840 g/mol. The minimum Gasteiger partial charge on any atom is -0.349 e. The summed E-state index contributed by atoms with van der Waals surface area (Å²) in [6, 6.07) is 19.4. The molecule has 0 atom stereocenters. The highest BCUT2D eigenvalue weighted by atomic mass is 32.1. The second-order valence-electron chi connectivity index (χ2n) is 51.7. The zero-order valence-electron chi connectivity index (χ0n) is 101. The van der Waals surface area contributed by atoms with E-state index in [4.69, 9.17) is 0 Å². The molecule has 0 bridgehead atoms. The summed E-state index contributed by atoms with van der Waals surface area (Å²) in [5.74, 6) is 0. The molecule has 129 heavy (non-hydrogen) atoms. The summed E-state index contributed by atoms with van der Waals surface area (Å²) in [6.45, 7) is 153. The van der Waals surface area contributed by atoms with Gasteiger partial charge in [0.15, 0.2) is 0 Å². The molecule has 0 N–H and O–H groups in total. The van der Waals surface area contributed by atoms with E-state index in [0.717, 1.165) is 13.0 Å². The highest BCUT2D eigenvalue weighted by molar-refractivity contribution is 7.07. The number of hydrogen-bond acceptors (Lipinski definition) is 11. The van der Waals surface area contributed by atoms with Gasteiger partial charge in [-0.1, -0.05) is 447 Å². The van der Waals surface area contributed by atoms with E-state index < -0.39 is 0 Å². The van der Waals surface area contributed by atoms with Crippen molar-refractivity contribution in [3.8, 4) is 0 Å². The van der Waals surface area contributed by atoms with Gasteiger partial charge >= 0.3 is 0 Å². The standard InChI is InChI=1S/C8H13N.3C7H12N2.C6H11N3.C5H5N.11C5H12.C4H4N2.C4H4S.6C2H6/c1-8(2,3)9-6-4-5-7-9;1-7(2,3)6-4-8-5-9-6;1-7(2,3)9-6-4-5-8-9;1-7(2,3)6-4-5-8-9-6;1-6(2,3)9-5-7-4-8-9;1-2-4-6-5-3-1;11*1-5(2,3)4;1-2-4-6-5-3-1;1-2-4-5-3-1;6*1-2/h4-7H,1-3H3;5H,4H2,1-3H3;4-6H,1-3H3;5H,4H2,1-3H3;4-5H,1-3H3;1-5H;11*1-4H3;1-4H;1-4H;6*1-2H3. The van der Waals surface area contributed by atoms with Gasteiger partial charge in [-0.25, -0.2) is 14.7 Å². The Kier molecular flexibility index (Phi) is 112. The van der Waals surface area contributed by atoms with Crippen LogP contribution in [0.25, 0.3) is 0 Å². The third-order valence-electron chi connectivity index (χ3n) is 7.96. The van der Waals surface area contributed by atoms with Crippen molar-refractivity contribution in [2.24, 2.45) is 90.6 Å². The van der Waals surface area contributed by atoms with E-state index in [1.807, 2.05) is 176 Å². The molecule has 6 aromatic rings. The molecular formula is C115H241N13S. The molecule has 0 radical (unpaired) electrons. The summed E-state index contributed by atoms with van der Waals surface area (Å²) in [4.78, 5) is 15.8. The molecule has 0 aromatic carbocycles. The summed E-state index contributed by atoms with van der Waals surface area (Å²) in [6.07, 6.45) is 22.4. The highest BCUT2D eigenvalue weighted by Crippen LogP contribution is 2.21. The lowest BCUT2D eigenvalue weighted by Gasteiger charge is -2.20. The van der Waals surface area contributed by atoms with Gasteiger partial charge in [0.05, 0.1) is 23.3 Å². The average Bonchev–Trinajstić information content (AvgIpc) is 1.80. The summed E-state index contributed by atoms with van der Waals surface area (Å²) in [5, 5.41) is 27.0. The van der Waals surface area contributed by atoms with Gasteiger partial charge in [-0.05, 0) is 175 Å². The summed E-state index contributed by atoms with van der Waals surface area (Å²) >= 11 is 1.71. The number of thiophene rings is 1. The second-order valence-corrected chi connectivity index (χ2v) is 52.5. The number of rotatable bonds is 0. The maximum Gasteiger partial charge on any atom is 0.137 e. The molecule has 6 aromatic heterocycles. The number of hydrogen-bond donors (Lipinski definition) is 0. The normalized spacial score (nSPS) is 11.5. The SMILES string of the molecule is CC.CC.CC.CC.CC.CC.CC(C)(C)C.CC(C)(C)C.CC(C)(C)C.CC(C)(C)C.CC(C)(C)C.CC(C)(C)C.CC(C)(C)C.CC(C)(C)C.CC(C)(C)C.CC(C)(C)C.CC(C)(C)C.CC(C)(C)C1=NC=NC1.CC(C)(C)C1=NN=CC1.CC(C)(C)n1cccc1.CC(C)(C)n1cccn1.CC(C)(C)n1cncn1.c1ccncc1.c1ccnnc1.c1ccsc1. The van der Waals surface area contributed by atoms with Crippen LogP contribution < -0.4 is 0 Å². The van der Waals surface area contributed by atoms with Crippen LogP contribution in [0.4, 0.5) is 0 Å². The predicted octanol–water partition coefficient (Wildman–Crippen LogP) is 40.3. The number of aromatic nitrogens is 9. The predicted molar refractivity (Wildman–Crippen MR) is 607 cm³/mol. The van der Waals surface area contributed by atoms with Crippen LogP contribution in [0, 0.1) is 70.4 Å². The third kappa shape index (κ3) is 304. The fourth-order valence-electron chi connectivity index (χ4n) is 4.24. The zero-order chi connectivity index (χ0) is 108. The molecule has 0 spiro atoms. The van der Waals surface area contributed by atoms with Gasteiger partial charge in [0, 0.05) is 84.3 Å². The molecule has 0 saturated heterocycles. The quantitative estimate of drug-likeness (QED) is 0.148. The van der Waals surface area contributed by atoms with Gasteiger partial charge in [0.1, 0.15) is 19.0 Å². The van der Waals surface area contributed by atoms with Crippen molar-refractivity contribution in [3.63, 3.8) is 0 Å². The Morgan fingerprint density at radius 2 is 0.535 bits per heavy atom. The van der Waals surface area contributed by atoms with E-state index in [2.05, 4.69) is 476 Å². The Bertz CT molecular complexity index is 2570. The maximum atomic E-state index is 4.13. The first-order valence-electron chi connectivity index (χ1n) is 48.7. The number of nitrogens with zero attached hydrogens (tertiary/aromatic N) is 13. The summed E-state index contributed by atoms with van der Waals surface area (Å²) in [5.41, 5.74) is 8.71. The van der Waals surface area contributed by atoms with E-state index in [1.165, 1.54) is 11.4 Å². The van der Waals surface area contributed by atoms with Crippen molar-refractivity contribution < 1.29 is 0 Å². The number of pyridine rings is 1. The lowest BCUT2D eigenvalue weighted by Crippen LogP contribution is -2.21. The van der Waals surface area contributed by atoms with Crippen molar-refractivity contribution in [1.29, 1.82) is 0 Å². The van der Waals surface area contributed by atoms with Crippen molar-refractivity contribution >= 4 is 35.3 Å². The third-order valence-corrected chi connectivity index (χ3v) is 8.59. The van der Waals surface area contributed by atoms with Gasteiger partial charge in [-0.3, -0.25) is 14.7 Å². The van der Waals surface area contributed by atoms with Gasteiger partial charge in [0.25, 0.3) is 0 Å². The molecule has 0 unspecified atom stereocenters. The Hall–Kier alpha value is -5.76. The molecule has 8 rings (SSSR count). The van der Waals surface area contributed by atoms with Crippen LogP contribution in [-0.2, 0) is 16.6 Å². The van der Waals surface area contributed by atoms with E-state index >= 15 is 0 Å². The summed E-state index contributed by atoms with van der Waals surface area (Å²) < 4.78 is 5.95. The molecule has 13 nitrogen and oxygen atoms in total. The first-order chi connectivity index (χ1) is 57.0. The molecule has 0 saturated carbocycles. The monoisotopic (exact) mass is 1840 g/mol. The molecule has 0 amide bonds. The van der Waals surface area contributed by atoms with E-state index in [9.17, 15) is 0 Å². The van der Waals surface area contributed by atoms with Crippen LogP contribution in [0.5, 0.6) is 0 Å². The van der Waals surface area contributed by atoms with Gasteiger partial charge in [0.2, 0.25) is 0 Å². The Balaban J connectivity index is -0.0000000683. The molecule has 2 aliphatic heterocycles. The van der Waals surface area contributed by atoms with Crippen molar-refractivity contribution in [3.05, 3.63) is 134 Å². The smallest absolute Gasteiger partial charge is 0.137 e. The molecule has 8 heterocycles. The lowest BCUT2D eigenvalue weighted by molar-refractivity contribution is 0.354. The van der Waals surface area contributed by atoms with E-state index in [-0.39, 0.29) is 27.4 Å². The van der Waals surface area contributed by atoms with Crippen LogP contribution in [0.15, 0.2) is 154 Å². The Labute approximate surface area is 819 Å². The minimum atomic E-state index is 0.0660. The largest absolute Gasteiger partial charge is 0.349 e. The van der Waals surface area contributed by atoms with Crippen LogP contribution in [0.2, 0.25) is 0 Å². The van der Waals surface area contributed by atoms with Crippen molar-refractivity contribution in [1.82, 2.24) is 44.3 Å². The fourth-order valence-corrected chi connectivity index (χ4v) is 4.69. The first kappa shape index (κ1) is 163. The molecule has 2 aliphatic rings. The maximum absolute atomic E-state index is 4.13. The fraction of sp³-hybridized carbons (Fsp3) is 0.774. The van der Waals surface area contributed by atoms with Gasteiger partial charge < -0.3 is 4.57 Å². The number of aliphatic imine (C=N–C) groups is 2. The van der Waals surface area contributed by atoms with Crippen molar-refractivity contribution in [2.75, 3.05) is 6.54 Å². The van der Waals surface area contributed by atoms with Crippen LogP contribution in [0.1, 0.15) is 498 Å². The molecule has 0 aliphatic carbocycles. The molecule has 0 fully saturated rings. The van der Waals surface area contributed by atoms with E-state index in [1.54, 1.807) is 61.3 Å². The Morgan fingerprint density at radius 3 is 0.636 bits per heavy atom. The molecule has 772 valence electrons. The minimum absolute atomic E-state index is 0.0660. The van der Waals surface area contributed by atoms with Crippen LogP contribution in [-0.4, -0.2) is 74.8 Å². The van der Waals surface area contributed by atoms with Crippen molar-refractivity contribution in [2.45, 2.75) is 515 Å². The topological polar surface area (TPSA) is 142 Å². The Morgan fingerprint density at radius 1 is 0.264 bits per heavy atom. The van der Waals surface area contributed by atoms with E-state index in [0.29, 0.717) is 59.6 Å².